The molecular formula is C16H23N3O2. The number of hydrogen-bond acceptors (Lipinski definition) is 4. The van der Waals surface area contributed by atoms with E-state index in [1.165, 1.54) is 0 Å². The van der Waals surface area contributed by atoms with Gasteiger partial charge < -0.3 is 15.2 Å². The standard InChI is InChI=1S/C16H23N3O2/c1-4-20-15-7-5-6-13(8-9-17)16(15)21-11-14-10-12(2)18-19(14)3/h5-7,10H,4,8-9,11,17H2,1-3H3. The van der Waals surface area contributed by atoms with Crippen LogP contribution in [0.1, 0.15) is 23.9 Å². The molecule has 2 rings (SSSR count). The summed E-state index contributed by atoms with van der Waals surface area (Å²) in [6, 6.07) is 7.94. The second-order valence-electron chi connectivity index (χ2n) is 4.91. The van der Waals surface area contributed by atoms with Crippen LogP contribution in [0.15, 0.2) is 24.3 Å². The number of nitrogens with two attached hydrogens (primary N) is 1. The first-order valence-corrected chi connectivity index (χ1v) is 7.22. The van der Waals surface area contributed by atoms with Gasteiger partial charge in [-0.3, -0.25) is 4.68 Å². The fourth-order valence-corrected chi connectivity index (χ4v) is 2.29. The lowest BCUT2D eigenvalue weighted by Crippen LogP contribution is -2.08. The van der Waals surface area contributed by atoms with E-state index >= 15 is 0 Å². The minimum atomic E-state index is 0.457. The van der Waals surface area contributed by atoms with Crippen LogP contribution in [0.5, 0.6) is 11.5 Å². The highest BCUT2D eigenvalue weighted by Crippen LogP contribution is 2.32. The van der Waals surface area contributed by atoms with E-state index in [9.17, 15) is 0 Å². The first-order chi connectivity index (χ1) is 10.2. The van der Waals surface area contributed by atoms with Crippen LogP contribution in [0.2, 0.25) is 0 Å². The monoisotopic (exact) mass is 289 g/mol. The second-order valence-corrected chi connectivity index (χ2v) is 4.91. The Morgan fingerprint density at radius 1 is 1.29 bits per heavy atom. The van der Waals surface area contributed by atoms with Crippen molar-refractivity contribution in [3.63, 3.8) is 0 Å². The Kier molecular flexibility index (Phi) is 5.22. The Bertz CT molecular complexity index is 569. The molecule has 0 saturated carbocycles. The molecule has 0 atom stereocenters. The van der Waals surface area contributed by atoms with E-state index in [-0.39, 0.29) is 0 Å². The van der Waals surface area contributed by atoms with E-state index in [0.29, 0.717) is 19.8 Å². The highest BCUT2D eigenvalue weighted by atomic mass is 16.5. The third kappa shape index (κ3) is 3.76. The van der Waals surface area contributed by atoms with Crippen LogP contribution in [-0.4, -0.2) is 22.9 Å². The van der Waals surface area contributed by atoms with E-state index in [2.05, 4.69) is 5.10 Å². The average molecular weight is 289 g/mol. The highest BCUT2D eigenvalue weighted by molar-refractivity contribution is 5.47. The fraction of sp³-hybridized carbons (Fsp3) is 0.438. The Morgan fingerprint density at radius 3 is 2.71 bits per heavy atom. The van der Waals surface area contributed by atoms with Gasteiger partial charge in [0.25, 0.3) is 0 Å². The van der Waals surface area contributed by atoms with Crippen molar-refractivity contribution in [2.45, 2.75) is 26.9 Å². The summed E-state index contributed by atoms with van der Waals surface area (Å²) in [6.07, 6.45) is 0.765. The molecule has 0 amide bonds. The van der Waals surface area contributed by atoms with Crippen LogP contribution < -0.4 is 15.2 Å². The van der Waals surface area contributed by atoms with Crippen molar-refractivity contribution >= 4 is 0 Å². The van der Waals surface area contributed by atoms with Crippen LogP contribution in [0.25, 0.3) is 0 Å². The number of rotatable bonds is 7. The largest absolute Gasteiger partial charge is 0.490 e. The van der Waals surface area contributed by atoms with Crippen molar-refractivity contribution in [2.24, 2.45) is 12.8 Å². The summed E-state index contributed by atoms with van der Waals surface area (Å²) in [4.78, 5) is 0. The SMILES string of the molecule is CCOc1cccc(CCN)c1OCc1cc(C)nn1C. The third-order valence-corrected chi connectivity index (χ3v) is 3.24. The van der Waals surface area contributed by atoms with Gasteiger partial charge in [-0.25, -0.2) is 0 Å². The molecule has 0 unspecified atom stereocenters. The molecule has 0 fully saturated rings. The van der Waals surface area contributed by atoms with E-state index in [4.69, 9.17) is 15.2 Å². The maximum absolute atomic E-state index is 6.01. The van der Waals surface area contributed by atoms with Gasteiger partial charge in [0.05, 0.1) is 18.0 Å². The van der Waals surface area contributed by atoms with Crippen LogP contribution >= 0.6 is 0 Å². The van der Waals surface area contributed by atoms with Crippen LogP contribution in [0.3, 0.4) is 0 Å². The van der Waals surface area contributed by atoms with Gasteiger partial charge in [0, 0.05) is 7.05 Å². The highest BCUT2D eigenvalue weighted by Gasteiger charge is 2.12. The molecule has 2 N–H and O–H groups in total. The van der Waals surface area contributed by atoms with Gasteiger partial charge in [0.2, 0.25) is 0 Å². The van der Waals surface area contributed by atoms with Gasteiger partial charge in [-0.15, -0.1) is 0 Å². The van der Waals surface area contributed by atoms with E-state index in [0.717, 1.165) is 34.9 Å². The molecule has 0 aliphatic rings. The zero-order chi connectivity index (χ0) is 15.2. The summed E-state index contributed by atoms with van der Waals surface area (Å²) in [5, 5.41) is 4.33. The summed E-state index contributed by atoms with van der Waals surface area (Å²) in [7, 11) is 1.92. The first-order valence-electron chi connectivity index (χ1n) is 7.22. The number of nitrogens with zero attached hydrogens (tertiary/aromatic N) is 2. The topological polar surface area (TPSA) is 62.3 Å². The number of aryl methyl sites for hydroxylation is 2. The maximum Gasteiger partial charge on any atom is 0.164 e. The maximum atomic E-state index is 6.01. The molecule has 5 heteroatoms. The number of ether oxygens (including phenoxy) is 2. The normalized spacial score (nSPS) is 10.7. The van der Waals surface area contributed by atoms with Gasteiger partial charge in [0.1, 0.15) is 6.61 Å². The lowest BCUT2D eigenvalue weighted by atomic mass is 10.1. The van der Waals surface area contributed by atoms with Crippen molar-refractivity contribution < 1.29 is 9.47 Å². The quantitative estimate of drug-likeness (QED) is 0.849. The Morgan fingerprint density at radius 2 is 2.10 bits per heavy atom. The molecule has 114 valence electrons. The first kappa shape index (κ1) is 15.4. The lowest BCUT2D eigenvalue weighted by molar-refractivity contribution is 0.260. The molecule has 1 aromatic carbocycles. The molecule has 1 heterocycles. The predicted molar refractivity (Wildman–Crippen MR) is 82.6 cm³/mol. The molecule has 1 aromatic heterocycles. The summed E-state index contributed by atoms with van der Waals surface area (Å²) in [6.45, 7) is 5.57. The minimum Gasteiger partial charge on any atom is -0.490 e. The molecule has 0 spiro atoms. The smallest absolute Gasteiger partial charge is 0.164 e. The third-order valence-electron chi connectivity index (χ3n) is 3.24. The molecule has 0 aliphatic carbocycles. The van der Waals surface area contributed by atoms with Crippen LogP contribution in [0.4, 0.5) is 0 Å². The fourth-order valence-electron chi connectivity index (χ4n) is 2.29. The Hall–Kier alpha value is -2.01. The summed E-state index contributed by atoms with van der Waals surface area (Å²) in [5.74, 6) is 1.55. The summed E-state index contributed by atoms with van der Waals surface area (Å²) >= 11 is 0. The van der Waals surface area contributed by atoms with E-state index < -0.39 is 0 Å². The number of para-hydroxylation sites is 1. The van der Waals surface area contributed by atoms with Gasteiger partial charge in [0.15, 0.2) is 11.5 Å². The number of benzene rings is 1. The molecule has 0 bridgehead atoms. The van der Waals surface area contributed by atoms with Gasteiger partial charge in [-0.2, -0.15) is 5.10 Å². The molecule has 0 aliphatic heterocycles. The summed E-state index contributed by atoms with van der Waals surface area (Å²) in [5.41, 5.74) is 8.76. The molecule has 0 saturated heterocycles. The molecular weight excluding hydrogens is 266 g/mol. The van der Waals surface area contributed by atoms with Crippen molar-refractivity contribution in [1.82, 2.24) is 9.78 Å². The van der Waals surface area contributed by atoms with Crippen molar-refractivity contribution in [3.05, 3.63) is 41.2 Å². The van der Waals surface area contributed by atoms with Gasteiger partial charge in [-0.1, -0.05) is 12.1 Å². The Labute approximate surface area is 125 Å². The average Bonchev–Trinajstić information content (AvgIpc) is 2.77. The minimum absolute atomic E-state index is 0.457. The summed E-state index contributed by atoms with van der Waals surface area (Å²) < 4.78 is 13.5. The van der Waals surface area contributed by atoms with E-state index in [1.807, 2.05) is 49.8 Å². The number of aromatic nitrogens is 2. The zero-order valence-corrected chi connectivity index (χ0v) is 12.9. The van der Waals surface area contributed by atoms with Crippen LogP contribution in [0, 0.1) is 6.92 Å². The Balaban J connectivity index is 2.22. The van der Waals surface area contributed by atoms with Crippen LogP contribution in [-0.2, 0) is 20.1 Å². The van der Waals surface area contributed by atoms with Crippen molar-refractivity contribution in [1.29, 1.82) is 0 Å². The van der Waals surface area contributed by atoms with Gasteiger partial charge in [-0.05, 0) is 44.5 Å². The molecule has 5 nitrogen and oxygen atoms in total. The zero-order valence-electron chi connectivity index (χ0n) is 12.9. The molecule has 0 radical (unpaired) electrons. The number of hydrogen-bond donors (Lipinski definition) is 1. The second kappa shape index (κ2) is 7.13. The molecule has 2 aromatic rings. The molecule has 21 heavy (non-hydrogen) atoms. The van der Waals surface area contributed by atoms with Crippen molar-refractivity contribution in [2.75, 3.05) is 13.2 Å². The lowest BCUT2D eigenvalue weighted by Gasteiger charge is -2.15. The van der Waals surface area contributed by atoms with Gasteiger partial charge >= 0.3 is 0 Å². The van der Waals surface area contributed by atoms with E-state index in [1.54, 1.807) is 0 Å². The predicted octanol–water partition coefficient (Wildman–Crippen LogP) is 2.21. The van der Waals surface area contributed by atoms with Crippen molar-refractivity contribution in [3.8, 4) is 11.5 Å².